The number of hydrogen-bond acceptors (Lipinski definition) is 5. The molecule has 1 N–H and O–H groups in total. The number of ether oxygens (including phenoxy) is 2. The van der Waals surface area contributed by atoms with Gasteiger partial charge in [0.2, 0.25) is 0 Å². The molecule has 0 bridgehead atoms. The quantitative estimate of drug-likeness (QED) is 0.458. The van der Waals surface area contributed by atoms with Crippen molar-refractivity contribution in [3.8, 4) is 0 Å². The molecule has 2 aliphatic rings. The van der Waals surface area contributed by atoms with E-state index in [2.05, 4.69) is 27.3 Å². The van der Waals surface area contributed by atoms with Crippen molar-refractivity contribution >= 4 is 27.7 Å². The van der Waals surface area contributed by atoms with Crippen molar-refractivity contribution in [1.29, 1.82) is 0 Å². The van der Waals surface area contributed by atoms with Crippen molar-refractivity contribution in [3.63, 3.8) is 0 Å². The Kier molecular flexibility index (Phi) is 6.92. The van der Waals surface area contributed by atoms with E-state index in [1.165, 1.54) is 0 Å². The van der Waals surface area contributed by atoms with Crippen LogP contribution in [0.2, 0.25) is 0 Å². The van der Waals surface area contributed by atoms with E-state index in [1.807, 2.05) is 61.5 Å². The summed E-state index contributed by atoms with van der Waals surface area (Å²) >= 11 is 3.47. The maximum absolute atomic E-state index is 13.5. The fraction of sp³-hybridized carbons (Fsp3) is 0.308. The fourth-order valence-electron chi connectivity index (χ4n) is 4.58. The SMILES string of the molecule is COCCOC(=O)C1=C(C)NC2=CC(c3ccccc3)CC(=O)C2C1c1ccc(Br)cc1. The maximum Gasteiger partial charge on any atom is 0.336 e. The van der Waals surface area contributed by atoms with Gasteiger partial charge in [0.05, 0.1) is 18.1 Å². The molecule has 0 saturated carbocycles. The van der Waals surface area contributed by atoms with Crippen molar-refractivity contribution < 1.29 is 19.1 Å². The second kappa shape index (κ2) is 9.84. The summed E-state index contributed by atoms with van der Waals surface area (Å²) in [5.74, 6) is -1.15. The van der Waals surface area contributed by atoms with Crippen LogP contribution >= 0.6 is 15.9 Å². The van der Waals surface area contributed by atoms with Crippen LogP contribution in [0.5, 0.6) is 0 Å². The van der Waals surface area contributed by atoms with Gasteiger partial charge in [-0.2, -0.15) is 0 Å². The summed E-state index contributed by atoms with van der Waals surface area (Å²) in [6.07, 6.45) is 2.54. The molecule has 0 amide bonds. The first kappa shape index (κ1) is 22.5. The van der Waals surface area contributed by atoms with E-state index in [-0.39, 0.29) is 18.3 Å². The van der Waals surface area contributed by atoms with Crippen LogP contribution in [0.4, 0.5) is 0 Å². The van der Waals surface area contributed by atoms with Gasteiger partial charge in [-0.25, -0.2) is 4.79 Å². The zero-order chi connectivity index (χ0) is 22.7. The van der Waals surface area contributed by atoms with Crippen molar-refractivity contribution in [2.24, 2.45) is 5.92 Å². The highest BCUT2D eigenvalue weighted by Crippen LogP contribution is 2.46. The zero-order valence-corrected chi connectivity index (χ0v) is 19.7. The van der Waals surface area contributed by atoms with Crippen molar-refractivity contribution in [1.82, 2.24) is 5.32 Å². The minimum atomic E-state index is -0.454. The van der Waals surface area contributed by atoms with Gasteiger partial charge >= 0.3 is 5.97 Å². The van der Waals surface area contributed by atoms with Crippen LogP contribution in [0.15, 0.2) is 82.1 Å². The number of hydrogen-bond donors (Lipinski definition) is 1. The number of halogens is 1. The predicted molar refractivity (Wildman–Crippen MR) is 126 cm³/mol. The van der Waals surface area contributed by atoms with Crippen LogP contribution in [0.25, 0.3) is 0 Å². The van der Waals surface area contributed by atoms with Crippen LogP contribution < -0.4 is 5.32 Å². The van der Waals surface area contributed by atoms with Gasteiger partial charge in [0.25, 0.3) is 0 Å². The highest BCUT2D eigenvalue weighted by Gasteiger charge is 2.44. The Morgan fingerprint density at radius 1 is 1.03 bits per heavy atom. The minimum Gasteiger partial charge on any atom is -0.460 e. The van der Waals surface area contributed by atoms with E-state index in [9.17, 15) is 9.59 Å². The van der Waals surface area contributed by atoms with Gasteiger partial charge in [-0.1, -0.05) is 64.5 Å². The third-order valence-corrected chi connectivity index (χ3v) is 6.59. The average molecular weight is 496 g/mol. The van der Waals surface area contributed by atoms with E-state index in [0.717, 1.165) is 21.3 Å². The highest BCUT2D eigenvalue weighted by molar-refractivity contribution is 9.10. The number of carbonyl (C=O) groups is 2. The van der Waals surface area contributed by atoms with Gasteiger partial charge in [-0.05, 0) is 30.2 Å². The summed E-state index contributed by atoms with van der Waals surface area (Å²) in [5.41, 5.74) is 4.09. The standard InChI is InChI=1S/C26H26BrNO4/c1-16-23(26(30)32-13-12-31-2)24(18-8-10-20(27)11-9-18)25-21(28-16)14-19(15-22(25)29)17-6-4-3-5-7-17/h3-11,14,19,24-25,28H,12-13,15H2,1-2H3. The summed E-state index contributed by atoms with van der Waals surface area (Å²) in [5, 5.41) is 3.36. The van der Waals surface area contributed by atoms with Crippen LogP contribution in [0.1, 0.15) is 36.3 Å². The van der Waals surface area contributed by atoms with Crippen LogP contribution in [-0.2, 0) is 19.1 Å². The van der Waals surface area contributed by atoms with Crippen LogP contribution in [0.3, 0.4) is 0 Å². The maximum atomic E-state index is 13.5. The molecule has 3 atom stereocenters. The molecule has 32 heavy (non-hydrogen) atoms. The molecule has 1 aliphatic carbocycles. The first-order valence-corrected chi connectivity index (χ1v) is 11.5. The van der Waals surface area contributed by atoms with Gasteiger partial charge in [-0.3, -0.25) is 4.79 Å². The molecular weight excluding hydrogens is 470 g/mol. The Morgan fingerprint density at radius 2 is 1.75 bits per heavy atom. The number of esters is 1. The number of carbonyl (C=O) groups excluding carboxylic acids is 2. The third kappa shape index (κ3) is 4.57. The Balaban J connectivity index is 1.77. The summed E-state index contributed by atoms with van der Waals surface area (Å²) in [6.45, 7) is 2.35. The molecule has 2 aromatic carbocycles. The average Bonchev–Trinajstić information content (AvgIpc) is 2.79. The number of Topliss-reactive ketones (excluding diaryl/α,β-unsaturated/α-hetero) is 1. The normalized spacial score (nSPS) is 22.7. The Morgan fingerprint density at radius 3 is 2.44 bits per heavy atom. The minimum absolute atomic E-state index is 0.0102. The van der Waals surface area contributed by atoms with Gasteiger partial charge in [0.15, 0.2) is 0 Å². The summed E-state index contributed by atoms with van der Waals surface area (Å²) in [6, 6.07) is 17.8. The predicted octanol–water partition coefficient (Wildman–Crippen LogP) is 4.86. The second-order valence-corrected chi connectivity index (χ2v) is 9.02. The highest BCUT2D eigenvalue weighted by atomic mass is 79.9. The summed E-state index contributed by atoms with van der Waals surface area (Å²) in [7, 11) is 1.56. The van der Waals surface area contributed by atoms with Gasteiger partial charge in [-0.15, -0.1) is 0 Å². The molecule has 3 unspecified atom stereocenters. The number of ketones is 1. The van der Waals surface area contributed by atoms with Crippen molar-refractivity contribution in [2.45, 2.75) is 25.2 Å². The Hall–Kier alpha value is -2.70. The molecule has 6 heteroatoms. The lowest BCUT2D eigenvalue weighted by atomic mass is 9.68. The van der Waals surface area contributed by atoms with E-state index in [4.69, 9.17) is 9.47 Å². The molecule has 1 heterocycles. The van der Waals surface area contributed by atoms with E-state index in [0.29, 0.717) is 24.3 Å². The zero-order valence-electron chi connectivity index (χ0n) is 18.1. The molecule has 0 radical (unpaired) electrons. The Bertz CT molecular complexity index is 1060. The fourth-order valence-corrected chi connectivity index (χ4v) is 4.85. The first-order chi connectivity index (χ1) is 15.5. The summed E-state index contributed by atoms with van der Waals surface area (Å²) in [4.78, 5) is 26.6. The molecule has 0 fully saturated rings. The van der Waals surface area contributed by atoms with Crippen LogP contribution in [-0.4, -0.2) is 32.1 Å². The number of allylic oxidation sites excluding steroid dienone is 3. The molecular formula is C26H26BrNO4. The first-order valence-electron chi connectivity index (χ1n) is 10.7. The number of methoxy groups -OCH3 is 1. The molecule has 0 aromatic heterocycles. The van der Waals surface area contributed by atoms with E-state index < -0.39 is 17.8 Å². The van der Waals surface area contributed by atoms with Crippen LogP contribution in [0, 0.1) is 5.92 Å². The molecule has 166 valence electrons. The third-order valence-electron chi connectivity index (χ3n) is 6.06. The van der Waals surface area contributed by atoms with Gasteiger partial charge < -0.3 is 14.8 Å². The summed E-state index contributed by atoms with van der Waals surface area (Å²) < 4.78 is 11.4. The van der Waals surface area contributed by atoms with Crippen molar-refractivity contribution in [3.05, 3.63) is 93.2 Å². The number of benzene rings is 2. The monoisotopic (exact) mass is 495 g/mol. The lowest BCUT2D eigenvalue weighted by Crippen LogP contribution is -2.42. The smallest absolute Gasteiger partial charge is 0.336 e. The topological polar surface area (TPSA) is 64.6 Å². The van der Waals surface area contributed by atoms with E-state index >= 15 is 0 Å². The van der Waals surface area contributed by atoms with Gasteiger partial charge in [0, 0.05) is 41.2 Å². The Labute approximate surface area is 196 Å². The second-order valence-electron chi connectivity index (χ2n) is 8.11. The molecule has 0 spiro atoms. The molecule has 0 saturated heterocycles. The van der Waals surface area contributed by atoms with Gasteiger partial charge in [0.1, 0.15) is 12.4 Å². The number of fused-ring (bicyclic) bond motifs is 1. The molecule has 1 aliphatic heterocycles. The largest absolute Gasteiger partial charge is 0.460 e. The molecule has 4 rings (SSSR count). The van der Waals surface area contributed by atoms with Crippen molar-refractivity contribution in [2.75, 3.05) is 20.3 Å². The lowest BCUT2D eigenvalue weighted by molar-refractivity contribution is -0.141. The van der Waals surface area contributed by atoms with E-state index in [1.54, 1.807) is 7.11 Å². The molecule has 5 nitrogen and oxygen atoms in total. The number of rotatable bonds is 6. The lowest BCUT2D eigenvalue weighted by Gasteiger charge is -2.39. The number of nitrogens with one attached hydrogen (secondary N) is 1. The molecule has 2 aromatic rings.